The SMILES string of the molecule is C=NCc1c(CN(CC2CC2)[C@H]2CCCc3cccnc32)nc2cccc(N3CCN(C)CC3)n12. The molecule has 0 amide bonds. The number of aromatic nitrogens is 3. The van der Waals surface area contributed by atoms with Gasteiger partial charge in [0, 0.05) is 45.5 Å². The van der Waals surface area contributed by atoms with E-state index in [9.17, 15) is 0 Å². The fourth-order valence-corrected chi connectivity index (χ4v) is 5.93. The topological polar surface area (TPSA) is 52.3 Å². The van der Waals surface area contributed by atoms with Gasteiger partial charge in [-0.1, -0.05) is 12.1 Å². The van der Waals surface area contributed by atoms with E-state index in [2.05, 4.69) is 68.2 Å². The van der Waals surface area contributed by atoms with Crippen LogP contribution in [-0.2, 0) is 19.5 Å². The van der Waals surface area contributed by atoms with Crippen molar-refractivity contribution in [3.8, 4) is 0 Å². The number of aliphatic imine (C=N–C) groups is 1. The molecule has 0 radical (unpaired) electrons. The van der Waals surface area contributed by atoms with Gasteiger partial charge in [-0.2, -0.15) is 0 Å². The molecule has 3 aromatic heterocycles. The van der Waals surface area contributed by atoms with Crippen LogP contribution in [0.2, 0.25) is 0 Å². The number of fused-ring (bicyclic) bond motifs is 2. The Morgan fingerprint density at radius 1 is 1.09 bits per heavy atom. The van der Waals surface area contributed by atoms with Gasteiger partial charge in [0.2, 0.25) is 0 Å². The third-order valence-electron chi connectivity index (χ3n) is 8.04. The lowest BCUT2D eigenvalue weighted by atomic mass is 9.90. The molecule has 0 bridgehead atoms. The molecule has 1 atom stereocenters. The molecule has 1 aliphatic heterocycles. The van der Waals surface area contributed by atoms with E-state index in [0.29, 0.717) is 12.6 Å². The van der Waals surface area contributed by atoms with Crippen molar-refractivity contribution >= 4 is 18.2 Å². The van der Waals surface area contributed by atoms with E-state index in [0.717, 1.165) is 62.9 Å². The Bertz CT molecular complexity index is 1190. The molecule has 0 spiro atoms. The van der Waals surface area contributed by atoms with Gasteiger partial charge in [0.15, 0.2) is 0 Å². The van der Waals surface area contributed by atoms with E-state index in [-0.39, 0.29) is 0 Å². The maximum atomic E-state index is 5.20. The van der Waals surface area contributed by atoms with Crippen LogP contribution in [0.5, 0.6) is 0 Å². The first kappa shape index (κ1) is 22.7. The molecule has 7 nitrogen and oxygen atoms in total. The zero-order valence-electron chi connectivity index (χ0n) is 20.9. The molecule has 2 fully saturated rings. The lowest BCUT2D eigenvalue weighted by Crippen LogP contribution is -2.45. The molecule has 1 saturated heterocycles. The van der Waals surface area contributed by atoms with Crippen molar-refractivity contribution in [1.29, 1.82) is 0 Å². The van der Waals surface area contributed by atoms with Crippen LogP contribution >= 0.6 is 0 Å². The van der Waals surface area contributed by atoms with Crippen LogP contribution in [0.15, 0.2) is 41.5 Å². The first-order valence-corrected chi connectivity index (χ1v) is 13.2. The van der Waals surface area contributed by atoms with Crippen LogP contribution in [-0.4, -0.2) is 70.7 Å². The summed E-state index contributed by atoms with van der Waals surface area (Å²) in [6.45, 7) is 10.6. The first-order chi connectivity index (χ1) is 17.2. The van der Waals surface area contributed by atoms with Gasteiger partial charge in [-0.15, -0.1) is 0 Å². The quantitative estimate of drug-likeness (QED) is 0.466. The Morgan fingerprint density at radius 2 is 1.94 bits per heavy atom. The van der Waals surface area contributed by atoms with E-state index in [1.807, 2.05) is 6.20 Å². The van der Waals surface area contributed by atoms with Crippen molar-refractivity contribution < 1.29 is 0 Å². The second kappa shape index (κ2) is 9.70. The third kappa shape index (κ3) is 4.59. The number of hydrogen-bond donors (Lipinski definition) is 0. The summed E-state index contributed by atoms with van der Waals surface area (Å²) >= 11 is 0. The van der Waals surface area contributed by atoms with Gasteiger partial charge in [-0.3, -0.25) is 19.3 Å². The van der Waals surface area contributed by atoms with Gasteiger partial charge in [-0.05, 0) is 75.5 Å². The highest BCUT2D eigenvalue weighted by molar-refractivity contribution is 5.55. The lowest BCUT2D eigenvalue weighted by molar-refractivity contribution is 0.156. The van der Waals surface area contributed by atoms with E-state index in [1.54, 1.807) is 0 Å². The van der Waals surface area contributed by atoms with E-state index in [4.69, 9.17) is 9.97 Å². The van der Waals surface area contributed by atoms with Crippen LogP contribution < -0.4 is 4.90 Å². The summed E-state index contributed by atoms with van der Waals surface area (Å²) in [5.74, 6) is 2.04. The number of rotatable bonds is 8. The molecule has 6 rings (SSSR count). The van der Waals surface area contributed by atoms with Crippen molar-refractivity contribution in [2.45, 2.75) is 51.2 Å². The lowest BCUT2D eigenvalue weighted by Gasteiger charge is -2.35. The maximum absolute atomic E-state index is 5.20. The second-order valence-corrected chi connectivity index (χ2v) is 10.6. The molecule has 1 saturated carbocycles. The normalized spacial score (nSPS) is 21.0. The molecular weight excluding hydrogens is 434 g/mol. The highest BCUT2D eigenvalue weighted by atomic mass is 15.3. The number of hydrogen-bond acceptors (Lipinski definition) is 6. The zero-order valence-corrected chi connectivity index (χ0v) is 20.9. The molecule has 4 heterocycles. The number of aryl methyl sites for hydroxylation is 1. The highest BCUT2D eigenvalue weighted by Gasteiger charge is 2.33. The minimum absolute atomic E-state index is 0.368. The first-order valence-electron chi connectivity index (χ1n) is 13.2. The van der Waals surface area contributed by atoms with E-state index in [1.165, 1.54) is 48.5 Å². The summed E-state index contributed by atoms with van der Waals surface area (Å²) in [7, 11) is 2.20. The largest absolute Gasteiger partial charge is 0.355 e. The van der Waals surface area contributed by atoms with Gasteiger partial charge in [0.1, 0.15) is 11.5 Å². The Balaban J connectivity index is 1.37. The minimum Gasteiger partial charge on any atom is -0.355 e. The van der Waals surface area contributed by atoms with Gasteiger partial charge >= 0.3 is 0 Å². The number of likely N-dealkylation sites (N-methyl/N-ethyl adjacent to an activating group) is 1. The maximum Gasteiger partial charge on any atom is 0.138 e. The van der Waals surface area contributed by atoms with E-state index < -0.39 is 0 Å². The molecule has 2 aliphatic carbocycles. The van der Waals surface area contributed by atoms with Crippen LogP contribution in [0.3, 0.4) is 0 Å². The van der Waals surface area contributed by atoms with Crippen molar-refractivity contribution in [2.24, 2.45) is 10.9 Å². The predicted molar refractivity (Wildman–Crippen MR) is 141 cm³/mol. The van der Waals surface area contributed by atoms with Crippen LogP contribution in [0.25, 0.3) is 5.65 Å². The Hall–Kier alpha value is -2.77. The Kier molecular flexibility index (Phi) is 6.29. The van der Waals surface area contributed by atoms with Crippen molar-refractivity contribution in [2.75, 3.05) is 44.7 Å². The number of pyridine rings is 2. The molecule has 0 aromatic carbocycles. The molecule has 3 aromatic rings. The average Bonchev–Trinajstić information content (AvgIpc) is 3.64. The van der Waals surface area contributed by atoms with Crippen LogP contribution in [0.4, 0.5) is 5.82 Å². The van der Waals surface area contributed by atoms with Crippen molar-refractivity contribution in [1.82, 2.24) is 24.2 Å². The summed E-state index contributed by atoms with van der Waals surface area (Å²) in [4.78, 5) is 22.0. The average molecular weight is 472 g/mol. The third-order valence-corrected chi connectivity index (χ3v) is 8.04. The Morgan fingerprint density at radius 3 is 2.74 bits per heavy atom. The molecule has 184 valence electrons. The smallest absolute Gasteiger partial charge is 0.138 e. The number of nitrogens with zero attached hydrogens (tertiary/aromatic N) is 7. The van der Waals surface area contributed by atoms with Gasteiger partial charge < -0.3 is 9.80 Å². The molecule has 0 unspecified atom stereocenters. The molecule has 7 heteroatoms. The molecular formula is C28H37N7. The van der Waals surface area contributed by atoms with Gasteiger partial charge in [0.05, 0.1) is 29.7 Å². The zero-order chi connectivity index (χ0) is 23.8. The number of anilines is 1. The molecule has 35 heavy (non-hydrogen) atoms. The number of piperazine rings is 1. The minimum atomic E-state index is 0.368. The number of imidazole rings is 1. The van der Waals surface area contributed by atoms with Crippen molar-refractivity contribution in [3.63, 3.8) is 0 Å². The fourth-order valence-electron chi connectivity index (χ4n) is 5.93. The highest BCUT2D eigenvalue weighted by Crippen LogP contribution is 2.38. The summed E-state index contributed by atoms with van der Waals surface area (Å²) < 4.78 is 2.34. The second-order valence-electron chi connectivity index (χ2n) is 10.6. The summed E-state index contributed by atoms with van der Waals surface area (Å²) in [6, 6.07) is 11.2. The van der Waals surface area contributed by atoms with Crippen LogP contribution in [0.1, 0.15) is 54.4 Å². The predicted octanol–water partition coefficient (Wildman–Crippen LogP) is 3.97. The molecule has 3 aliphatic rings. The standard InChI is InChI=1S/C28H37N7/c1-29-18-25-23(31-26-9-4-10-27(35(25)26)33-16-14-32(2)15-17-33)20-34(19-21-11-12-21)24-8-3-6-22-7-5-13-30-28(22)24/h4-5,7,9-10,13,21,24H,1,3,6,8,11-12,14-20H2,2H3/t24-/m0/s1. The Labute approximate surface area is 208 Å². The summed E-state index contributed by atoms with van der Waals surface area (Å²) in [5, 5.41) is 0. The summed E-state index contributed by atoms with van der Waals surface area (Å²) in [6.07, 6.45) is 8.20. The fraction of sp³-hybridized carbons (Fsp3) is 0.536. The van der Waals surface area contributed by atoms with Crippen molar-refractivity contribution in [3.05, 3.63) is 59.2 Å². The van der Waals surface area contributed by atoms with Crippen LogP contribution in [0, 0.1) is 5.92 Å². The molecule has 0 N–H and O–H groups in total. The van der Waals surface area contributed by atoms with E-state index >= 15 is 0 Å². The summed E-state index contributed by atoms with van der Waals surface area (Å²) in [5.41, 5.74) is 6.04. The van der Waals surface area contributed by atoms with Gasteiger partial charge in [0.25, 0.3) is 0 Å². The monoisotopic (exact) mass is 471 g/mol. The van der Waals surface area contributed by atoms with Gasteiger partial charge in [-0.25, -0.2) is 4.98 Å².